The molecule has 0 aliphatic rings. The summed E-state index contributed by atoms with van der Waals surface area (Å²) in [5.41, 5.74) is 0.722. The van der Waals surface area contributed by atoms with Crippen LogP contribution >= 0.6 is 23.2 Å². The van der Waals surface area contributed by atoms with Crippen LogP contribution in [-0.4, -0.2) is 15.0 Å². The van der Waals surface area contributed by atoms with Crippen molar-refractivity contribution in [1.29, 1.82) is 0 Å². The van der Waals surface area contributed by atoms with Crippen LogP contribution in [0.4, 0.5) is 0 Å². The third-order valence-electron chi connectivity index (χ3n) is 2.48. The number of halogens is 2. The van der Waals surface area contributed by atoms with Crippen molar-refractivity contribution in [2.24, 2.45) is 0 Å². The molecular weight excluding hydrogens is 285 g/mol. The summed E-state index contributed by atoms with van der Waals surface area (Å²) in [5, 5.41) is 1.80. The first kappa shape index (κ1) is 12.1. The minimum atomic E-state index is 0.409. The molecule has 6 heteroatoms. The van der Waals surface area contributed by atoms with Crippen LogP contribution in [0.1, 0.15) is 0 Å². The lowest BCUT2D eigenvalue weighted by atomic mass is 10.2. The van der Waals surface area contributed by atoms with Crippen molar-refractivity contribution >= 4 is 34.1 Å². The molecule has 0 radical (unpaired) electrons. The number of aromatic nitrogens is 3. The molecule has 94 valence electrons. The number of rotatable bonds is 2. The minimum absolute atomic E-state index is 0.409. The van der Waals surface area contributed by atoms with Gasteiger partial charge in [-0.15, -0.1) is 0 Å². The molecule has 0 atom stereocenters. The van der Waals surface area contributed by atoms with E-state index in [1.165, 1.54) is 12.5 Å². The van der Waals surface area contributed by atoms with Crippen molar-refractivity contribution in [2.75, 3.05) is 0 Å². The van der Waals surface area contributed by atoms with E-state index in [2.05, 4.69) is 15.0 Å². The smallest absolute Gasteiger partial charge is 0.230 e. The summed E-state index contributed by atoms with van der Waals surface area (Å²) in [6, 6.07) is 8.71. The van der Waals surface area contributed by atoms with Crippen LogP contribution in [0, 0.1) is 0 Å². The highest BCUT2D eigenvalue weighted by Gasteiger charge is 2.06. The third kappa shape index (κ3) is 2.59. The standard InChI is InChI=1S/C13H7Cl2N3O/c14-8-1-3-10-11(5-8)17-7-18-13(10)19-9-2-4-12(15)16-6-9/h1-7H. The van der Waals surface area contributed by atoms with Crippen LogP contribution in [0.3, 0.4) is 0 Å². The number of pyridine rings is 1. The molecule has 19 heavy (non-hydrogen) atoms. The van der Waals surface area contributed by atoms with E-state index in [0.717, 1.165) is 10.9 Å². The van der Waals surface area contributed by atoms with Crippen molar-refractivity contribution in [1.82, 2.24) is 15.0 Å². The summed E-state index contributed by atoms with van der Waals surface area (Å²) in [7, 11) is 0. The van der Waals surface area contributed by atoms with Crippen LogP contribution in [-0.2, 0) is 0 Å². The lowest BCUT2D eigenvalue weighted by Crippen LogP contribution is -1.91. The van der Waals surface area contributed by atoms with Gasteiger partial charge in [-0.05, 0) is 30.3 Å². The lowest BCUT2D eigenvalue weighted by Gasteiger charge is -2.06. The molecule has 0 saturated heterocycles. The first-order valence-corrected chi connectivity index (χ1v) is 6.17. The summed E-state index contributed by atoms with van der Waals surface area (Å²) in [6.45, 7) is 0. The number of benzene rings is 1. The molecule has 2 heterocycles. The number of nitrogens with zero attached hydrogens (tertiary/aromatic N) is 3. The maximum Gasteiger partial charge on any atom is 0.230 e. The van der Waals surface area contributed by atoms with Gasteiger partial charge in [0.1, 0.15) is 17.2 Å². The summed E-state index contributed by atoms with van der Waals surface area (Å²) in [6.07, 6.45) is 2.96. The third-order valence-corrected chi connectivity index (χ3v) is 2.94. The van der Waals surface area contributed by atoms with E-state index in [4.69, 9.17) is 27.9 Å². The molecule has 0 aliphatic carbocycles. The average molecular weight is 292 g/mol. The second-order valence-corrected chi connectivity index (χ2v) is 4.58. The Bertz CT molecular complexity index is 732. The van der Waals surface area contributed by atoms with Crippen molar-refractivity contribution in [2.45, 2.75) is 0 Å². The normalized spacial score (nSPS) is 10.6. The van der Waals surface area contributed by atoms with Crippen LogP contribution in [0.5, 0.6) is 11.6 Å². The van der Waals surface area contributed by atoms with Crippen LogP contribution in [0.15, 0.2) is 42.9 Å². The maximum absolute atomic E-state index is 5.92. The first-order chi connectivity index (χ1) is 9.22. The number of hydrogen-bond donors (Lipinski definition) is 0. The largest absolute Gasteiger partial charge is 0.437 e. The van der Waals surface area contributed by atoms with E-state index in [9.17, 15) is 0 Å². The van der Waals surface area contributed by atoms with E-state index < -0.39 is 0 Å². The van der Waals surface area contributed by atoms with Crippen molar-refractivity contribution in [3.63, 3.8) is 0 Å². The predicted octanol–water partition coefficient (Wildman–Crippen LogP) is 4.12. The van der Waals surface area contributed by atoms with Gasteiger partial charge in [-0.3, -0.25) is 0 Å². The number of fused-ring (bicyclic) bond motifs is 1. The van der Waals surface area contributed by atoms with Gasteiger partial charge in [0, 0.05) is 5.02 Å². The van der Waals surface area contributed by atoms with E-state index >= 15 is 0 Å². The molecule has 0 saturated carbocycles. The fraction of sp³-hybridized carbons (Fsp3) is 0. The monoisotopic (exact) mass is 291 g/mol. The Balaban J connectivity index is 2.03. The molecule has 3 rings (SSSR count). The SMILES string of the molecule is Clc1ccc2c(Oc3ccc(Cl)nc3)ncnc2c1. The van der Waals surface area contributed by atoms with E-state index in [-0.39, 0.29) is 0 Å². The second kappa shape index (κ2) is 4.99. The molecule has 3 aromatic rings. The van der Waals surface area contributed by atoms with Crippen LogP contribution in [0.2, 0.25) is 10.2 Å². The van der Waals surface area contributed by atoms with Crippen LogP contribution < -0.4 is 4.74 Å². The topological polar surface area (TPSA) is 47.9 Å². The van der Waals surface area contributed by atoms with E-state index in [0.29, 0.717) is 21.8 Å². The molecule has 4 nitrogen and oxygen atoms in total. The highest BCUT2D eigenvalue weighted by atomic mass is 35.5. The summed E-state index contributed by atoms with van der Waals surface area (Å²) < 4.78 is 5.67. The van der Waals surface area contributed by atoms with Gasteiger partial charge in [0.25, 0.3) is 0 Å². The molecule has 0 amide bonds. The summed E-state index contributed by atoms with van der Waals surface area (Å²) in [5.74, 6) is 1.00. The van der Waals surface area contributed by atoms with Crippen molar-refractivity contribution in [3.8, 4) is 11.6 Å². The zero-order chi connectivity index (χ0) is 13.2. The first-order valence-electron chi connectivity index (χ1n) is 5.42. The van der Waals surface area contributed by atoms with Gasteiger partial charge in [-0.2, -0.15) is 0 Å². The molecule has 0 bridgehead atoms. The molecule has 0 unspecified atom stereocenters. The number of ether oxygens (including phenoxy) is 1. The van der Waals surface area contributed by atoms with Crippen molar-refractivity contribution < 1.29 is 4.74 Å². The Morgan fingerprint density at radius 1 is 0.947 bits per heavy atom. The van der Waals surface area contributed by atoms with Gasteiger partial charge in [-0.1, -0.05) is 23.2 Å². The molecule has 0 N–H and O–H groups in total. The zero-order valence-electron chi connectivity index (χ0n) is 9.55. The molecular formula is C13H7Cl2N3O. The molecule has 1 aromatic carbocycles. The van der Waals surface area contributed by atoms with Gasteiger partial charge in [0.15, 0.2) is 0 Å². The Morgan fingerprint density at radius 2 is 1.84 bits per heavy atom. The highest BCUT2D eigenvalue weighted by Crippen LogP contribution is 2.28. The molecule has 2 aromatic heterocycles. The second-order valence-electron chi connectivity index (χ2n) is 3.76. The predicted molar refractivity (Wildman–Crippen MR) is 73.9 cm³/mol. The lowest BCUT2D eigenvalue weighted by molar-refractivity contribution is 0.466. The average Bonchev–Trinajstić information content (AvgIpc) is 2.41. The fourth-order valence-electron chi connectivity index (χ4n) is 1.62. The fourth-order valence-corrected chi connectivity index (χ4v) is 1.90. The maximum atomic E-state index is 5.92. The van der Waals surface area contributed by atoms with Gasteiger partial charge >= 0.3 is 0 Å². The van der Waals surface area contributed by atoms with Gasteiger partial charge in [-0.25, -0.2) is 15.0 Å². The zero-order valence-corrected chi connectivity index (χ0v) is 11.1. The van der Waals surface area contributed by atoms with Crippen LogP contribution in [0.25, 0.3) is 10.9 Å². The Hall–Kier alpha value is -1.91. The van der Waals surface area contributed by atoms with Gasteiger partial charge in [0.05, 0.1) is 17.1 Å². The summed E-state index contributed by atoms with van der Waals surface area (Å²) >= 11 is 11.6. The summed E-state index contributed by atoms with van der Waals surface area (Å²) in [4.78, 5) is 12.2. The molecule has 0 fully saturated rings. The number of hydrogen-bond acceptors (Lipinski definition) is 4. The Kier molecular flexibility index (Phi) is 3.19. The molecule has 0 spiro atoms. The van der Waals surface area contributed by atoms with E-state index in [1.807, 2.05) is 6.07 Å². The van der Waals surface area contributed by atoms with E-state index in [1.54, 1.807) is 24.3 Å². The van der Waals surface area contributed by atoms with Crippen molar-refractivity contribution in [3.05, 3.63) is 53.0 Å². The van der Waals surface area contributed by atoms with Gasteiger partial charge < -0.3 is 4.74 Å². The highest BCUT2D eigenvalue weighted by molar-refractivity contribution is 6.31. The van der Waals surface area contributed by atoms with Gasteiger partial charge in [0.2, 0.25) is 5.88 Å². The Labute approximate surface area is 119 Å². The minimum Gasteiger partial charge on any atom is -0.437 e. The Morgan fingerprint density at radius 3 is 2.63 bits per heavy atom. The molecule has 0 aliphatic heterocycles. The quantitative estimate of drug-likeness (QED) is 0.666.